The average molecular weight is 547 g/mol. The van der Waals surface area contributed by atoms with Gasteiger partial charge >= 0.3 is 12.1 Å². The zero-order chi connectivity index (χ0) is 26.0. The molecule has 1 atom stereocenters. The standard InChI is InChI=1S/C22H18ClF3N2O5S2/c1-12-9-18(19(29)27-17(20(30)31)10-13-5-3-2-4-6-13)34-21(12)35(32,33)28-16-11-14(22(24,25)26)7-8-15(16)23/h2-9,11,17,28H,10H2,1H3,(H,27,29)(H,30,31)/t17-/m1/s1. The van der Waals surface area contributed by atoms with Crippen molar-refractivity contribution < 1.29 is 36.3 Å². The van der Waals surface area contributed by atoms with Crippen LogP contribution in [-0.4, -0.2) is 31.4 Å². The molecule has 1 aromatic heterocycles. The molecule has 1 heterocycles. The number of alkyl halides is 3. The molecule has 0 saturated carbocycles. The summed E-state index contributed by atoms with van der Waals surface area (Å²) >= 11 is 6.43. The molecule has 7 nitrogen and oxygen atoms in total. The lowest BCUT2D eigenvalue weighted by Gasteiger charge is -2.14. The predicted molar refractivity (Wildman–Crippen MR) is 125 cm³/mol. The highest BCUT2D eigenvalue weighted by molar-refractivity contribution is 7.94. The van der Waals surface area contributed by atoms with Crippen LogP contribution in [0.2, 0.25) is 5.02 Å². The van der Waals surface area contributed by atoms with E-state index in [1.807, 2.05) is 4.72 Å². The molecule has 13 heteroatoms. The van der Waals surface area contributed by atoms with E-state index in [4.69, 9.17) is 11.6 Å². The first-order valence-electron chi connectivity index (χ1n) is 9.85. The molecular weight excluding hydrogens is 529 g/mol. The van der Waals surface area contributed by atoms with Gasteiger partial charge < -0.3 is 10.4 Å². The van der Waals surface area contributed by atoms with E-state index in [1.165, 1.54) is 13.0 Å². The Bertz CT molecular complexity index is 1360. The lowest BCUT2D eigenvalue weighted by atomic mass is 10.1. The molecule has 2 aromatic carbocycles. The van der Waals surface area contributed by atoms with Crippen LogP contribution in [0.25, 0.3) is 0 Å². The van der Waals surface area contributed by atoms with Gasteiger partial charge in [0.25, 0.3) is 15.9 Å². The van der Waals surface area contributed by atoms with E-state index in [0.29, 0.717) is 29.0 Å². The Morgan fingerprint density at radius 1 is 1.11 bits per heavy atom. The third kappa shape index (κ3) is 6.53. The van der Waals surface area contributed by atoms with Crippen LogP contribution in [-0.2, 0) is 27.4 Å². The molecule has 0 unspecified atom stereocenters. The van der Waals surface area contributed by atoms with Crippen LogP contribution >= 0.6 is 22.9 Å². The number of hydrogen-bond donors (Lipinski definition) is 3. The molecule has 0 radical (unpaired) electrons. The smallest absolute Gasteiger partial charge is 0.416 e. The quantitative estimate of drug-likeness (QED) is 0.370. The summed E-state index contributed by atoms with van der Waals surface area (Å²) in [5.74, 6) is -2.08. The Hall–Kier alpha value is -3.09. The number of anilines is 1. The Morgan fingerprint density at radius 3 is 2.37 bits per heavy atom. The lowest BCUT2D eigenvalue weighted by molar-refractivity contribution is -0.139. The zero-order valence-corrected chi connectivity index (χ0v) is 20.3. The van der Waals surface area contributed by atoms with Crippen molar-refractivity contribution in [2.75, 3.05) is 4.72 Å². The van der Waals surface area contributed by atoms with Crippen molar-refractivity contribution >= 4 is 50.5 Å². The molecule has 186 valence electrons. The van der Waals surface area contributed by atoms with Crippen molar-refractivity contribution in [3.63, 3.8) is 0 Å². The highest BCUT2D eigenvalue weighted by Crippen LogP contribution is 2.36. The molecule has 3 aromatic rings. The number of hydrogen-bond acceptors (Lipinski definition) is 5. The van der Waals surface area contributed by atoms with Crippen molar-refractivity contribution in [1.29, 1.82) is 0 Å². The van der Waals surface area contributed by atoms with Crippen molar-refractivity contribution in [2.24, 2.45) is 0 Å². The second-order valence-electron chi connectivity index (χ2n) is 7.43. The van der Waals surface area contributed by atoms with Gasteiger partial charge in [-0.25, -0.2) is 13.2 Å². The molecule has 0 aliphatic carbocycles. The molecule has 0 bridgehead atoms. The van der Waals surface area contributed by atoms with Crippen molar-refractivity contribution in [3.05, 3.63) is 81.2 Å². The highest BCUT2D eigenvalue weighted by Gasteiger charge is 2.32. The molecule has 3 N–H and O–H groups in total. The molecule has 0 fully saturated rings. The van der Waals surface area contributed by atoms with Gasteiger partial charge in [0, 0.05) is 6.42 Å². The Labute approximate surface area is 207 Å². The third-order valence-corrected chi connectivity index (χ3v) is 8.33. The Morgan fingerprint density at radius 2 is 1.77 bits per heavy atom. The van der Waals surface area contributed by atoms with Crippen molar-refractivity contribution in [2.45, 2.75) is 29.8 Å². The summed E-state index contributed by atoms with van der Waals surface area (Å²) < 4.78 is 66.5. The van der Waals surface area contributed by atoms with Crippen LogP contribution in [0.3, 0.4) is 0 Å². The van der Waals surface area contributed by atoms with Crippen LogP contribution < -0.4 is 10.0 Å². The van der Waals surface area contributed by atoms with Gasteiger partial charge in [-0.3, -0.25) is 9.52 Å². The number of aliphatic carboxylic acids is 1. The fourth-order valence-electron chi connectivity index (χ4n) is 3.09. The largest absolute Gasteiger partial charge is 0.480 e. The maximum Gasteiger partial charge on any atom is 0.416 e. The van der Waals surface area contributed by atoms with E-state index in [9.17, 15) is 36.3 Å². The van der Waals surface area contributed by atoms with Gasteiger partial charge in [-0.1, -0.05) is 41.9 Å². The van der Waals surface area contributed by atoms with Crippen LogP contribution in [0.4, 0.5) is 18.9 Å². The predicted octanol–water partition coefficient (Wildman–Crippen LogP) is 4.96. The first-order valence-corrected chi connectivity index (χ1v) is 12.5. The van der Waals surface area contributed by atoms with Crippen LogP contribution in [0.15, 0.2) is 58.8 Å². The van der Waals surface area contributed by atoms with E-state index in [0.717, 1.165) is 6.07 Å². The van der Waals surface area contributed by atoms with Crippen LogP contribution in [0.5, 0.6) is 0 Å². The van der Waals surface area contributed by atoms with Crippen LogP contribution in [0.1, 0.15) is 26.4 Å². The van der Waals surface area contributed by atoms with Gasteiger partial charge in [-0.15, -0.1) is 11.3 Å². The van der Waals surface area contributed by atoms with Gasteiger partial charge in [0.15, 0.2) is 0 Å². The lowest BCUT2D eigenvalue weighted by Crippen LogP contribution is -2.42. The summed E-state index contributed by atoms with van der Waals surface area (Å²) in [5, 5.41) is 11.6. The summed E-state index contributed by atoms with van der Waals surface area (Å²) in [6.45, 7) is 1.40. The number of carboxylic acids is 1. The molecule has 1 amide bonds. The molecule has 0 aliphatic heterocycles. The minimum atomic E-state index is -4.71. The number of benzene rings is 2. The zero-order valence-electron chi connectivity index (χ0n) is 17.9. The first-order chi connectivity index (χ1) is 16.3. The summed E-state index contributed by atoms with van der Waals surface area (Å²) in [7, 11) is -4.41. The number of carbonyl (C=O) groups excluding carboxylic acids is 1. The molecular formula is C22H18ClF3N2O5S2. The topological polar surface area (TPSA) is 113 Å². The fourth-order valence-corrected chi connectivity index (χ4v) is 5.99. The maximum atomic E-state index is 13.0. The average Bonchev–Trinajstić information content (AvgIpc) is 3.17. The minimum absolute atomic E-state index is 0.00697. The van der Waals surface area contributed by atoms with Gasteiger partial charge in [0.2, 0.25) is 0 Å². The first kappa shape index (κ1) is 26.5. The highest BCUT2D eigenvalue weighted by atomic mass is 35.5. The number of rotatable bonds is 8. The maximum absolute atomic E-state index is 13.0. The fraction of sp³-hybridized carbons (Fsp3) is 0.182. The van der Waals surface area contributed by atoms with E-state index in [1.54, 1.807) is 30.3 Å². The molecule has 0 aliphatic rings. The number of halogens is 4. The Kier molecular flexibility index (Phi) is 7.77. The van der Waals surface area contributed by atoms with Crippen LogP contribution in [0, 0.1) is 6.92 Å². The van der Waals surface area contributed by atoms with E-state index in [2.05, 4.69) is 5.32 Å². The SMILES string of the molecule is Cc1cc(C(=O)N[C@H](Cc2ccccc2)C(=O)O)sc1S(=O)(=O)Nc1cc(C(F)(F)F)ccc1Cl. The van der Waals surface area contributed by atoms with Gasteiger partial charge in [0.1, 0.15) is 10.3 Å². The van der Waals surface area contributed by atoms with E-state index < -0.39 is 45.4 Å². The van der Waals surface area contributed by atoms with Gasteiger partial charge in [-0.05, 0) is 42.3 Å². The summed E-state index contributed by atoms with van der Waals surface area (Å²) in [5.41, 5.74) is -0.756. The summed E-state index contributed by atoms with van der Waals surface area (Å²) in [4.78, 5) is 24.2. The van der Waals surface area contributed by atoms with E-state index >= 15 is 0 Å². The third-order valence-electron chi connectivity index (χ3n) is 4.76. The number of nitrogens with one attached hydrogen (secondary N) is 2. The van der Waals surface area contributed by atoms with Crippen molar-refractivity contribution in [3.8, 4) is 0 Å². The number of sulfonamides is 1. The van der Waals surface area contributed by atoms with Gasteiger partial charge in [-0.2, -0.15) is 13.2 Å². The van der Waals surface area contributed by atoms with Gasteiger partial charge in [0.05, 0.1) is 21.2 Å². The number of carboxylic acid groups (broad SMARTS) is 1. The summed E-state index contributed by atoms with van der Waals surface area (Å²) in [6, 6.07) is 10.8. The molecule has 35 heavy (non-hydrogen) atoms. The number of aryl methyl sites for hydroxylation is 1. The molecule has 0 spiro atoms. The number of thiophene rings is 1. The number of carbonyl (C=O) groups is 2. The number of amides is 1. The molecule has 3 rings (SSSR count). The summed E-state index contributed by atoms with van der Waals surface area (Å²) in [6.07, 6.45) is -4.71. The normalized spacial score (nSPS) is 12.7. The monoisotopic (exact) mass is 546 g/mol. The van der Waals surface area contributed by atoms with Crippen molar-refractivity contribution in [1.82, 2.24) is 5.32 Å². The van der Waals surface area contributed by atoms with E-state index in [-0.39, 0.29) is 26.1 Å². The molecule has 0 saturated heterocycles. The Balaban J connectivity index is 1.83. The second kappa shape index (κ2) is 10.3. The minimum Gasteiger partial charge on any atom is -0.480 e. The second-order valence-corrected chi connectivity index (χ2v) is 10.8.